The van der Waals surface area contributed by atoms with Gasteiger partial charge in [-0.1, -0.05) is 37.8 Å². The summed E-state index contributed by atoms with van der Waals surface area (Å²) in [5.41, 5.74) is 0. The van der Waals surface area contributed by atoms with E-state index in [9.17, 15) is 9.59 Å². The first-order chi connectivity index (χ1) is 11.6. The molecule has 0 spiro atoms. The monoisotopic (exact) mass is 362 g/mol. The molecule has 0 unspecified atom stereocenters. The van der Waals surface area contributed by atoms with Crippen molar-refractivity contribution in [1.29, 1.82) is 0 Å². The number of allylic oxidation sites excluding steroid dienone is 2. The summed E-state index contributed by atoms with van der Waals surface area (Å²) < 4.78 is 9.77. The molecule has 0 amide bonds. The number of hydrogen-bond acceptors (Lipinski definition) is 4. The van der Waals surface area contributed by atoms with Gasteiger partial charge in [-0.2, -0.15) is 12.8 Å². The van der Waals surface area contributed by atoms with Crippen LogP contribution in [0.25, 0.3) is 0 Å². The third-order valence-electron chi connectivity index (χ3n) is 2.88. The molecule has 0 saturated heterocycles. The molecule has 0 rings (SSSR count). The van der Waals surface area contributed by atoms with Crippen molar-refractivity contribution in [1.82, 2.24) is 0 Å². The Morgan fingerprint density at radius 3 is 1.36 bits per heavy atom. The van der Waals surface area contributed by atoms with E-state index in [0.29, 0.717) is 13.2 Å². The summed E-state index contributed by atoms with van der Waals surface area (Å²) >= 11 is 0. The first kappa shape index (κ1) is 29.0. The molecule has 140 valence electrons. The largest absolute Gasteiger partial charge is 2.00 e. The van der Waals surface area contributed by atoms with Crippen LogP contribution in [0.5, 0.6) is 0 Å². The van der Waals surface area contributed by atoms with Gasteiger partial charge in [-0.25, -0.2) is 9.59 Å². The summed E-state index contributed by atoms with van der Waals surface area (Å²) in [6, 6.07) is 0. The summed E-state index contributed by atoms with van der Waals surface area (Å²) in [5, 5.41) is 0. The molecule has 4 nitrogen and oxygen atoms in total. The molecule has 0 aliphatic heterocycles. The molecular weight excluding hydrogens is 329 g/mol. The van der Waals surface area contributed by atoms with E-state index in [4.69, 9.17) is 9.47 Å². The van der Waals surface area contributed by atoms with Crippen LogP contribution in [0, 0.1) is 13.8 Å². The van der Waals surface area contributed by atoms with Crippen LogP contribution < -0.4 is 0 Å². The molecule has 0 aromatic heterocycles. The van der Waals surface area contributed by atoms with Crippen molar-refractivity contribution in [3.8, 4) is 0 Å². The number of rotatable bonds is 12. The first-order valence-corrected chi connectivity index (χ1v) is 8.79. The van der Waals surface area contributed by atoms with Gasteiger partial charge in [0.25, 0.3) is 0 Å². The summed E-state index contributed by atoms with van der Waals surface area (Å²) in [5.74, 6) is -0.487. The van der Waals surface area contributed by atoms with Gasteiger partial charge in [-0.15, -0.1) is 0 Å². The average molecular weight is 363 g/mol. The minimum atomic E-state index is -0.243. The van der Waals surface area contributed by atoms with Gasteiger partial charge in [0.15, 0.2) is 0 Å². The Kier molecular flexibility index (Phi) is 29.5. The molecule has 25 heavy (non-hydrogen) atoms. The van der Waals surface area contributed by atoms with Crippen molar-refractivity contribution in [2.75, 3.05) is 13.2 Å². The fourth-order valence-corrected chi connectivity index (χ4v) is 1.63. The van der Waals surface area contributed by atoms with E-state index in [0.717, 1.165) is 51.4 Å². The van der Waals surface area contributed by atoms with Crippen molar-refractivity contribution in [2.24, 2.45) is 0 Å². The molecule has 0 radical (unpaired) electrons. The Morgan fingerprint density at radius 1 is 0.720 bits per heavy atom. The second-order valence-corrected chi connectivity index (χ2v) is 5.16. The van der Waals surface area contributed by atoms with Gasteiger partial charge in [-0.3, -0.25) is 0 Å². The van der Waals surface area contributed by atoms with Crippen LogP contribution in [0.3, 0.4) is 0 Å². The van der Waals surface area contributed by atoms with Gasteiger partial charge in [-0.05, 0) is 26.7 Å². The van der Waals surface area contributed by atoms with E-state index in [1.807, 2.05) is 0 Å². The van der Waals surface area contributed by atoms with Gasteiger partial charge in [0.05, 0.1) is 13.2 Å². The SMILES string of the molecule is [CH2-]CCCCCOC(=O)C=CC.[CH2-]CCCCCOC(=O)C=CC.[Mg+2]. The van der Waals surface area contributed by atoms with E-state index >= 15 is 0 Å². The maximum atomic E-state index is 10.8. The van der Waals surface area contributed by atoms with Crippen molar-refractivity contribution in [2.45, 2.75) is 65.2 Å². The Bertz CT molecular complexity index is 318. The number of unbranched alkanes of at least 4 members (excludes halogenated alkanes) is 6. The second kappa shape index (κ2) is 25.4. The van der Waals surface area contributed by atoms with Crippen LogP contribution in [-0.2, 0) is 19.1 Å². The molecule has 0 heterocycles. The van der Waals surface area contributed by atoms with Crippen LogP contribution in [0.15, 0.2) is 24.3 Å². The van der Waals surface area contributed by atoms with Crippen molar-refractivity contribution < 1.29 is 19.1 Å². The predicted octanol–water partition coefficient (Wildman–Crippen LogP) is 4.62. The van der Waals surface area contributed by atoms with E-state index in [-0.39, 0.29) is 35.0 Å². The number of esters is 2. The molecule has 0 N–H and O–H groups in total. The molecule has 0 aliphatic carbocycles. The van der Waals surface area contributed by atoms with Crippen LogP contribution in [-0.4, -0.2) is 48.2 Å². The molecule has 0 aliphatic rings. The smallest absolute Gasteiger partial charge is 0.463 e. The van der Waals surface area contributed by atoms with Gasteiger partial charge >= 0.3 is 35.0 Å². The Balaban J connectivity index is -0.000000372. The zero-order chi connectivity index (χ0) is 18.5. The molecule has 0 aromatic carbocycles. The predicted molar refractivity (Wildman–Crippen MR) is 105 cm³/mol. The van der Waals surface area contributed by atoms with Crippen LogP contribution in [0.1, 0.15) is 65.2 Å². The fourth-order valence-electron chi connectivity index (χ4n) is 1.63. The van der Waals surface area contributed by atoms with Gasteiger partial charge in [0.1, 0.15) is 0 Å². The summed E-state index contributed by atoms with van der Waals surface area (Å²) in [4.78, 5) is 21.5. The number of ether oxygens (including phenoxy) is 2. The molecule has 0 fully saturated rings. The molecule has 0 bridgehead atoms. The van der Waals surface area contributed by atoms with Gasteiger partial charge in [0.2, 0.25) is 0 Å². The molecule has 0 aromatic rings. The Morgan fingerprint density at radius 2 is 1.08 bits per heavy atom. The molecule has 0 atom stereocenters. The normalized spacial score (nSPS) is 10.1. The quantitative estimate of drug-likeness (QED) is 0.167. The van der Waals surface area contributed by atoms with Gasteiger partial charge in [0, 0.05) is 12.2 Å². The van der Waals surface area contributed by atoms with Crippen LogP contribution in [0.4, 0.5) is 0 Å². The first-order valence-electron chi connectivity index (χ1n) is 8.79. The summed E-state index contributed by atoms with van der Waals surface area (Å²) in [6.45, 7) is 12.1. The average Bonchev–Trinajstić information content (AvgIpc) is 2.56. The maximum absolute atomic E-state index is 10.8. The standard InChI is InChI=1S/2C10H17O2.Mg/c2*1-3-5-6-7-9-12-10(11)8-4-2;/h2*4,8H,1,3,5-7,9H2,2H3;/q2*-1;+2. The van der Waals surface area contributed by atoms with Gasteiger partial charge < -0.3 is 23.3 Å². The van der Waals surface area contributed by atoms with Crippen LogP contribution in [0.2, 0.25) is 0 Å². The van der Waals surface area contributed by atoms with Crippen molar-refractivity contribution in [3.05, 3.63) is 38.2 Å². The number of carbonyl (C=O) groups is 2. The van der Waals surface area contributed by atoms with Crippen LogP contribution >= 0.6 is 0 Å². The van der Waals surface area contributed by atoms with Crippen molar-refractivity contribution in [3.63, 3.8) is 0 Å². The maximum Gasteiger partial charge on any atom is 2.00 e. The summed E-state index contributed by atoms with van der Waals surface area (Å²) in [7, 11) is 0. The molecule has 5 heteroatoms. The molecule has 0 saturated carbocycles. The Labute approximate surface area is 170 Å². The van der Waals surface area contributed by atoms with Crippen molar-refractivity contribution >= 4 is 35.0 Å². The third-order valence-corrected chi connectivity index (χ3v) is 2.88. The number of hydrogen-bond donors (Lipinski definition) is 0. The zero-order valence-electron chi connectivity index (χ0n) is 16.1. The van der Waals surface area contributed by atoms with E-state index < -0.39 is 0 Å². The Hall–Kier alpha value is -0.814. The fraction of sp³-hybridized carbons (Fsp3) is 0.600. The minimum Gasteiger partial charge on any atom is -0.463 e. The van der Waals surface area contributed by atoms with E-state index in [2.05, 4.69) is 13.8 Å². The summed E-state index contributed by atoms with van der Waals surface area (Å²) in [6.07, 6.45) is 14.4. The topological polar surface area (TPSA) is 52.6 Å². The minimum absolute atomic E-state index is 0. The molecular formula is C20H34MgO4. The van der Waals surface area contributed by atoms with E-state index in [1.165, 1.54) is 12.2 Å². The van der Waals surface area contributed by atoms with E-state index in [1.54, 1.807) is 26.0 Å². The third kappa shape index (κ3) is 28.3. The number of carbonyl (C=O) groups excluding carboxylic acids is 2. The second-order valence-electron chi connectivity index (χ2n) is 5.16. The zero-order valence-corrected chi connectivity index (χ0v) is 17.5.